The van der Waals surface area contributed by atoms with Crippen molar-refractivity contribution in [3.05, 3.63) is 125 Å². The van der Waals surface area contributed by atoms with Crippen molar-refractivity contribution in [3.8, 4) is 0 Å². The third-order valence-electron chi connectivity index (χ3n) is 5.82. The van der Waals surface area contributed by atoms with E-state index in [1.807, 2.05) is 24.3 Å². The van der Waals surface area contributed by atoms with E-state index in [-0.39, 0.29) is 23.3 Å². The maximum absolute atomic E-state index is 12.8. The van der Waals surface area contributed by atoms with Crippen LogP contribution in [-0.2, 0) is 23.0 Å². The first kappa shape index (κ1) is 22.5. The first-order valence-corrected chi connectivity index (χ1v) is 12.4. The zero-order chi connectivity index (χ0) is 24.4. The number of carbonyl (C=O) groups is 2. The zero-order valence-corrected chi connectivity index (χ0v) is 19.4. The molecule has 35 heavy (non-hydrogen) atoms. The topological polar surface area (TPSA) is 96.4 Å². The van der Waals surface area contributed by atoms with E-state index in [4.69, 9.17) is 0 Å². The highest BCUT2D eigenvalue weighted by Gasteiger charge is 2.34. The van der Waals surface area contributed by atoms with Gasteiger partial charge < -0.3 is 0 Å². The Bertz CT molecular complexity index is 1470. The number of rotatable bonds is 7. The quantitative estimate of drug-likeness (QED) is 0.396. The fourth-order valence-electron chi connectivity index (χ4n) is 3.98. The Morgan fingerprint density at radius 2 is 1.23 bits per heavy atom. The molecular formula is C27H21N3O4S. The number of sulfonamides is 1. The predicted octanol–water partition coefficient (Wildman–Crippen LogP) is 4.27. The Kier molecular flexibility index (Phi) is 5.88. The number of hydrogen-bond acceptors (Lipinski definition) is 5. The summed E-state index contributed by atoms with van der Waals surface area (Å²) in [4.78, 5) is 30.4. The molecule has 1 aliphatic rings. The van der Waals surface area contributed by atoms with Gasteiger partial charge in [-0.1, -0.05) is 36.4 Å². The summed E-state index contributed by atoms with van der Waals surface area (Å²) in [5.74, 6) is -0.701. The Hall–Kier alpha value is -4.30. The molecule has 0 saturated carbocycles. The van der Waals surface area contributed by atoms with E-state index < -0.39 is 10.0 Å². The van der Waals surface area contributed by atoms with Crippen LogP contribution in [0.15, 0.2) is 102 Å². The lowest BCUT2D eigenvalue weighted by atomic mass is 10.1. The molecule has 0 fully saturated rings. The maximum Gasteiger partial charge on any atom is 0.261 e. The van der Waals surface area contributed by atoms with Crippen LogP contribution in [0.25, 0.3) is 0 Å². The number of hydrogen-bond donors (Lipinski definition) is 1. The third-order valence-corrected chi connectivity index (χ3v) is 7.21. The number of aromatic nitrogens is 1. The fraction of sp³-hybridized carbons (Fsp3) is 0.0741. The molecule has 0 bridgehead atoms. The zero-order valence-electron chi connectivity index (χ0n) is 18.6. The number of nitrogens with zero attached hydrogens (tertiary/aromatic N) is 2. The van der Waals surface area contributed by atoms with Crippen molar-refractivity contribution < 1.29 is 18.0 Å². The highest BCUT2D eigenvalue weighted by Crippen LogP contribution is 2.25. The van der Waals surface area contributed by atoms with E-state index in [1.165, 1.54) is 17.0 Å². The van der Waals surface area contributed by atoms with Crippen molar-refractivity contribution in [1.29, 1.82) is 0 Å². The molecule has 5 rings (SSSR count). The number of carbonyl (C=O) groups excluding carboxylic acids is 2. The molecule has 0 radical (unpaired) electrons. The van der Waals surface area contributed by atoms with Crippen LogP contribution in [0.4, 0.5) is 5.69 Å². The van der Waals surface area contributed by atoms with Crippen LogP contribution in [0.2, 0.25) is 0 Å². The summed E-state index contributed by atoms with van der Waals surface area (Å²) in [6, 6.07) is 23.9. The lowest BCUT2D eigenvalue weighted by Gasteiger charge is -2.14. The van der Waals surface area contributed by atoms with Crippen molar-refractivity contribution in [2.75, 3.05) is 4.72 Å². The van der Waals surface area contributed by atoms with Gasteiger partial charge in [-0.25, -0.2) is 8.42 Å². The van der Waals surface area contributed by atoms with Crippen LogP contribution in [0.5, 0.6) is 0 Å². The Morgan fingerprint density at radius 3 is 1.83 bits per heavy atom. The van der Waals surface area contributed by atoms with Crippen LogP contribution in [-0.4, -0.2) is 30.1 Å². The minimum atomic E-state index is -3.80. The lowest BCUT2D eigenvalue weighted by Crippen LogP contribution is -2.29. The first-order chi connectivity index (χ1) is 16.9. The van der Waals surface area contributed by atoms with Crippen molar-refractivity contribution >= 4 is 27.5 Å². The Balaban J connectivity index is 1.25. The second-order valence-electron chi connectivity index (χ2n) is 8.22. The van der Waals surface area contributed by atoms with Gasteiger partial charge in [0.1, 0.15) is 0 Å². The second kappa shape index (κ2) is 9.15. The third kappa shape index (κ3) is 4.69. The molecule has 4 aromatic rings. The summed E-state index contributed by atoms with van der Waals surface area (Å²) in [6.07, 6.45) is 4.20. The minimum absolute atomic E-state index is 0.0685. The van der Waals surface area contributed by atoms with E-state index in [0.29, 0.717) is 22.4 Å². The molecule has 1 aliphatic heterocycles. The van der Waals surface area contributed by atoms with Gasteiger partial charge in [0.25, 0.3) is 21.8 Å². The number of nitrogens with one attached hydrogen (secondary N) is 1. The molecule has 1 aromatic heterocycles. The summed E-state index contributed by atoms with van der Waals surface area (Å²) in [5.41, 5.74) is 4.05. The molecule has 0 spiro atoms. The minimum Gasteiger partial charge on any atom is -0.280 e. The fourth-order valence-corrected chi connectivity index (χ4v) is 5.04. The molecule has 1 N–H and O–H groups in total. The average Bonchev–Trinajstić information content (AvgIpc) is 3.11. The summed E-state index contributed by atoms with van der Waals surface area (Å²) in [5, 5.41) is 0. The van der Waals surface area contributed by atoms with E-state index >= 15 is 0 Å². The van der Waals surface area contributed by atoms with E-state index in [1.54, 1.807) is 60.9 Å². The van der Waals surface area contributed by atoms with Crippen molar-refractivity contribution in [2.45, 2.75) is 17.9 Å². The molecular weight excluding hydrogens is 462 g/mol. The predicted molar refractivity (Wildman–Crippen MR) is 131 cm³/mol. The maximum atomic E-state index is 12.8. The molecule has 0 unspecified atom stereocenters. The van der Waals surface area contributed by atoms with Gasteiger partial charge >= 0.3 is 0 Å². The highest BCUT2D eigenvalue weighted by atomic mass is 32.2. The van der Waals surface area contributed by atoms with Crippen LogP contribution >= 0.6 is 0 Å². The van der Waals surface area contributed by atoms with Crippen LogP contribution in [0, 0.1) is 0 Å². The van der Waals surface area contributed by atoms with Gasteiger partial charge in [0.2, 0.25) is 0 Å². The number of imide groups is 1. The summed E-state index contributed by atoms with van der Waals surface area (Å²) < 4.78 is 28.3. The number of fused-ring (bicyclic) bond motifs is 1. The van der Waals surface area contributed by atoms with E-state index in [0.717, 1.165) is 17.5 Å². The molecule has 174 valence electrons. The van der Waals surface area contributed by atoms with Gasteiger partial charge in [0, 0.05) is 18.1 Å². The second-order valence-corrected chi connectivity index (χ2v) is 9.90. The number of benzene rings is 3. The molecule has 0 saturated heterocycles. The number of amides is 2. The normalized spacial score (nSPS) is 13.1. The van der Waals surface area contributed by atoms with Crippen molar-refractivity contribution in [3.63, 3.8) is 0 Å². The van der Waals surface area contributed by atoms with Gasteiger partial charge in [-0.15, -0.1) is 0 Å². The first-order valence-electron chi connectivity index (χ1n) is 11.0. The van der Waals surface area contributed by atoms with Crippen molar-refractivity contribution in [2.24, 2.45) is 0 Å². The molecule has 2 amide bonds. The standard InChI is InChI=1S/C27H21N3O4S/c31-26-24-3-1-2-4-25(24)27(32)30(26)18-21-7-11-23(12-8-21)35(33,34)29-22-9-5-19(6-10-22)17-20-13-15-28-16-14-20/h1-16,29H,17-18H2. The molecule has 8 heteroatoms. The monoisotopic (exact) mass is 483 g/mol. The van der Waals surface area contributed by atoms with Crippen LogP contribution < -0.4 is 4.72 Å². The average molecular weight is 484 g/mol. The molecule has 2 heterocycles. The number of pyridine rings is 1. The molecule has 3 aromatic carbocycles. The summed E-state index contributed by atoms with van der Waals surface area (Å²) >= 11 is 0. The molecule has 0 aliphatic carbocycles. The van der Waals surface area contributed by atoms with Gasteiger partial charge in [0.15, 0.2) is 0 Å². The van der Waals surface area contributed by atoms with E-state index in [9.17, 15) is 18.0 Å². The Morgan fingerprint density at radius 1 is 0.686 bits per heavy atom. The van der Waals surface area contributed by atoms with Gasteiger partial charge in [0.05, 0.1) is 22.6 Å². The number of anilines is 1. The highest BCUT2D eigenvalue weighted by molar-refractivity contribution is 7.92. The van der Waals surface area contributed by atoms with Crippen molar-refractivity contribution in [1.82, 2.24) is 9.88 Å². The summed E-state index contributed by atoms with van der Waals surface area (Å²) in [7, 11) is -3.80. The molecule has 7 nitrogen and oxygen atoms in total. The lowest BCUT2D eigenvalue weighted by molar-refractivity contribution is 0.0642. The van der Waals surface area contributed by atoms with Gasteiger partial charge in [-0.05, 0) is 71.6 Å². The van der Waals surface area contributed by atoms with Gasteiger partial charge in [-0.3, -0.25) is 24.2 Å². The van der Waals surface area contributed by atoms with Crippen LogP contribution in [0.3, 0.4) is 0 Å². The van der Waals surface area contributed by atoms with E-state index in [2.05, 4.69) is 9.71 Å². The molecule has 0 atom stereocenters. The smallest absolute Gasteiger partial charge is 0.261 e. The van der Waals surface area contributed by atoms with Gasteiger partial charge in [-0.2, -0.15) is 0 Å². The SMILES string of the molecule is O=C1c2ccccc2C(=O)N1Cc1ccc(S(=O)(=O)Nc2ccc(Cc3ccncc3)cc2)cc1. The van der Waals surface area contributed by atoms with Crippen LogP contribution in [0.1, 0.15) is 37.4 Å². The summed E-state index contributed by atoms with van der Waals surface area (Å²) in [6.45, 7) is 0.0685. The largest absolute Gasteiger partial charge is 0.280 e. The Labute approximate surface area is 203 Å².